The molecule has 4 nitrogen and oxygen atoms in total. The fourth-order valence-electron chi connectivity index (χ4n) is 1.76. The molecule has 0 radical (unpaired) electrons. The van der Waals surface area contributed by atoms with Crippen molar-refractivity contribution in [1.82, 2.24) is 0 Å². The minimum atomic E-state index is -0.344. The molecule has 5 heteroatoms. The predicted molar refractivity (Wildman–Crippen MR) is 80.7 cm³/mol. The molecule has 2 aromatic rings. The number of ether oxygens (including phenoxy) is 1. The number of nitrogen functional groups attached to an aromatic ring is 1. The molecule has 0 saturated carbocycles. The van der Waals surface area contributed by atoms with Gasteiger partial charge in [-0.05, 0) is 36.8 Å². The molecule has 2 aromatic carbocycles. The van der Waals surface area contributed by atoms with E-state index in [-0.39, 0.29) is 24.8 Å². The molecule has 110 valence electrons. The summed E-state index contributed by atoms with van der Waals surface area (Å²) in [5, 5.41) is 2.62. The number of carbonyl (C=O) groups excluding carboxylic acids is 1. The van der Waals surface area contributed by atoms with Gasteiger partial charge in [0.2, 0.25) is 5.91 Å². The Morgan fingerprint density at radius 3 is 2.81 bits per heavy atom. The smallest absolute Gasteiger partial charge is 0.227 e. The summed E-state index contributed by atoms with van der Waals surface area (Å²) in [5.74, 6) is 0.0372. The van der Waals surface area contributed by atoms with Gasteiger partial charge < -0.3 is 15.8 Å². The first-order valence-electron chi connectivity index (χ1n) is 6.59. The third-order valence-corrected chi connectivity index (χ3v) is 2.91. The average Bonchev–Trinajstić information content (AvgIpc) is 2.43. The fraction of sp³-hybridized carbons (Fsp3) is 0.188. The second-order valence-electron chi connectivity index (χ2n) is 4.68. The van der Waals surface area contributed by atoms with Gasteiger partial charge in [-0.3, -0.25) is 4.79 Å². The quantitative estimate of drug-likeness (QED) is 0.831. The number of carbonyl (C=O) groups is 1. The van der Waals surface area contributed by atoms with Crippen LogP contribution in [0.5, 0.6) is 5.75 Å². The molecule has 0 bridgehead atoms. The zero-order valence-electron chi connectivity index (χ0n) is 11.7. The van der Waals surface area contributed by atoms with Crippen LogP contribution in [0.4, 0.5) is 15.8 Å². The van der Waals surface area contributed by atoms with E-state index in [0.29, 0.717) is 22.7 Å². The number of amides is 1. The predicted octanol–water partition coefficient (Wildman–Crippen LogP) is 3.12. The third kappa shape index (κ3) is 4.49. The minimum Gasteiger partial charge on any atom is -0.493 e. The Hall–Kier alpha value is -2.56. The van der Waals surface area contributed by atoms with Gasteiger partial charge in [0.05, 0.1) is 13.0 Å². The average molecular weight is 288 g/mol. The highest BCUT2D eigenvalue weighted by Gasteiger charge is 2.05. The van der Waals surface area contributed by atoms with Gasteiger partial charge >= 0.3 is 0 Å². The maximum absolute atomic E-state index is 13.4. The summed E-state index contributed by atoms with van der Waals surface area (Å²) in [6, 6.07) is 11.6. The zero-order valence-corrected chi connectivity index (χ0v) is 11.7. The van der Waals surface area contributed by atoms with Gasteiger partial charge in [-0.25, -0.2) is 4.39 Å². The molecule has 0 spiro atoms. The van der Waals surface area contributed by atoms with Crippen molar-refractivity contribution in [3.05, 3.63) is 53.8 Å². The highest BCUT2D eigenvalue weighted by molar-refractivity contribution is 5.90. The van der Waals surface area contributed by atoms with Gasteiger partial charge in [0.1, 0.15) is 11.6 Å². The first kappa shape index (κ1) is 14.8. The van der Waals surface area contributed by atoms with Crippen LogP contribution in [0.25, 0.3) is 0 Å². The van der Waals surface area contributed by atoms with Crippen molar-refractivity contribution in [2.45, 2.75) is 13.3 Å². The summed E-state index contributed by atoms with van der Waals surface area (Å²) >= 11 is 0. The second-order valence-corrected chi connectivity index (χ2v) is 4.68. The molecule has 0 atom stereocenters. The van der Waals surface area contributed by atoms with E-state index in [2.05, 4.69) is 5.32 Å². The molecule has 0 fully saturated rings. The van der Waals surface area contributed by atoms with Crippen LogP contribution >= 0.6 is 0 Å². The molecule has 21 heavy (non-hydrogen) atoms. The highest BCUT2D eigenvalue weighted by atomic mass is 19.1. The molecule has 0 saturated heterocycles. The summed E-state index contributed by atoms with van der Waals surface area (Å²) in [6.07, 6.45) is 0.171. The van der Waals surface area contributed by atoms with Crippen molar-refractivity contribution in [1.29, 1.82) is 0 Å². The van der Waals surface area contributed by atoms with Crippen LogP contribution in [0.2, 0.25) is 0 Å². The van der Waals surface area contributed by atoms with Crippen LogP contribution in [-0.4, -0.2) is 12.5 Å². The lowest BCUT2D eigenvalue weighted by atomic mass is 10.2. The van der Waals surface area contributed by atoms with Crippen LogP contribution in [0.15, 0.2) is 42.5 Å². The normalized spacial score (nSPS) is 10.2. The van der Waals surface area contributed by atoms with Gasteiger partial charge in [0, 0.05) is 17.4 Å². The maximum Gasteiger partial charge on any atom is 0.227 e. The topological polar surface area (TPSA) is 64.3 Å². The van der Waals surface area contributed by atoms with E-state index in [1.54, 1.807) is 43.3 Å². The first-order chi connectivity index (χ1) is 10.0. The van der Waals surface area contributed by atoms with Crippen molar-refractivity contribution in [3.8, 4) is 5.75 Å². The van der Waals surface area contributed by atoms with Crippen molar-refractivity contribution >= 4 is 17.3 Å². The summed E-state index contributed by atoms with van der Waals surface area (Å²) in [7, 11) is 0. The van der Waals surface area contributed by atoms with E-state index in [9.17, 15) is 9.18 Å². The molecule has 0 aromatic heterocycles. The molecule has 2 rings (SSSR count). The number of halogens is 1. The number of anilines is 2. The lowest BCUT2D eigenvalue weighted by Crippen LogP contribution is -2.15. The molecule has 0 heterocycles. The molecule has 0 aliphatic heterocycles. The molecular weight excluding hydrogens is 271 g/mol. The Kier molecular flexibility index (Phi) is 4.77. The maximum atomic E-state index is 13.4. The monoisotopic (exact) mass is 288 g/mol. The summed E-state index contributed by atoms with van der Waals surface area (Å²) in [4.78, 5) is 11.7. The lowest BCUT2D eigenvalue weighted by Gasteiger charge is -2.08. The van der Waals surface area contributed by atoms with Crippen molar-refractivity contribution < 1.29 is 13.9 Å². The second kappa shape index (κ2) is 6.74. The van der Waals surface area contributed by atoms with Crippen LogP contribution in [0.1, 0.15) is 12.0 Å². The van der Waals surface area contributed by atoms with E-state index in [1.807, 2.05) is 0 Å². The van der Waals surface area contributed by atoms with E-state index in [0.717, 1.165) is 0 Å². The molecule has 0 aliphatic carbocycles. The van der Waals surface area contributed by atoms with Crippen LogP contribution in [0, 0.1) is 12.7 Å². The van der Waals surface area contributed by atoms with Crippen LogP contribution < -0.4 is 15.8 Å². The molecule has 0 aliphatic rings. The Bertz CT molecular complexity index is 644. The molecule has 1 amide bonds. The first-order valence-corrected chi connectivity index (χ1v) is 6.59. The molecular formula is C16H17FN2O2. The number of benzene rings is 2. The van der Waals surface area contributed by atoms with Crippen molar-refractivity contribution in [2.24, 2.45) is 0 Å². The van der Waals surface area contributed by atoms with Gasteiger partial charge in [-0.2, -0.15) is 0 Å². The third-order valence-electron chi connectivity index (χ3n) is 2.91. The van der Waals surface area contributed by atoms with Crippen molar-refractivity contribution in [2.75, 3.05) is 17.7 Å². The minimum absolute atomic E-state index is 0.171. The van der Waals surface area contributed by atoms with Crippen LogP contribution in [0.3, 0.4) is 0 Å². The standard InChI is InChI=1S/C16H17FN2O2/c1-11-5-6-13(10-15(11)17)19-16(20)7-8-21-14-4-2-3-12(18)9-14/h2-6,9-10H,7-8,18H2,1H3,(H,19,20). The van der Waals surface area contributed by atoms with Crippen molar-refractivity contribution in [3.63, 3.8) is 0 Å². The number of hydrogen-bond donors (Lipinski definition) is 2. The molecule has 3 N–H and O–H groups in total. The number of nitrogens with one attached hydrogen (secondary N) is 1. The Balaban J connectivity index is 1.81. The molecule has 0 unspecified atom stereocenters. The van der Waals surface area contributed by atoms with E-state index < -0.39 is 0 Å². The van der Waals surface area contributed by atoms with Gasteiger partial charge in [0.25, 0.3) is 0 Å². The van der Waals surface area contributed by atoms with Gasteiger partial charge in [0.15, 0.2) is 0 Å². The van der Waals surface area contributed by atoms with E-state index >= 15 is 0 Å². The largest absolute Gasteiger partial charge is 0.493 e. The number of aryl methyl sites for hydroxylation is 1. The SMILES string of the molecule is Cc1ccc(NC(=O)CCOc2cccc(N)c2)cc1F. The van der Waals surface area contributed by atoms with E-state index in [1.165, 1.54) is 6.07 Å². The summed E-state index contributed by atoms with van der Waals surface area (Å²) < 4.78 is 18.8. The highest BCUT2D eigenvalue weighted by Crippen LogP contribution is 2.15. The van der Waals surface area contributed by atoms with Gasteiger partial charge in [-0.15, -0.1) is 0 Å². The Morgan fingerprint density at radius 1 is 1.29 bits per heavy atom. The van der Waals surface area contributed by atoms with Crippen LogP contribution in [-0.2, 0) is 4.79 Å². The zero-order chi connectivity index (χ0) is 15.2. The Morgan fingerprint density at radius 2 is 2.10 bits per heavy atom. The lowest BCUT2D eigenvalue weighted by molar-refractivity contribution is -0.116. The number of nitrogens with two attached hydrogens (primary N) is 1. The number of rotatable bonds is 5. The van der Waals surface area contributed by atoms with Gasteiger partial charge in [-0.1, -0.05) is 12.1 Å². The van der Waals surface area contributed by atoms with E-state index in [4.69, 9.17) is 10.5 Å². The summed E-state index contributed by atoms with van der Waals surface area (Å²) in [5.41, 5.74) is 7.20. The summed E-state index contributed by atoms with van der Waals surface area (Å²) in [6.45, 7) is 1.89. The fourth-order valence-corrected chi connectivity index (χ4v) is 1.76. The number of hydrogen-bond acceptors (Lipinski definition) is 3. The Labute approximate surface area is 122 Å².